The maximum absolute atomic E-state index is 12.1. The highest BCUT2D eigenvalue weighted by Crippen LogP contribution is 2.09. The van der Waals surface area contributed by atoms with E-state index in [1.54, 1.807) is 12.4 Å². The average molecular weight is 262 g/mol. The molecule has 1 aliphatic rings. The smallest absolute Gasteiger partial charge is 0.236 e. The lowest BCUT2D eigenvalue weighted by atomic mass is 10.1. The molecule has 1 fully saturated rings. The standard InChI is InChI=1S/C14H22N4O/c1-12(13-3-5-15-6-4-13)16-11-14(19)18-9-7-17(2)8-10-18/h3-6,12,16H,7-11H2,1-2H3/t12-/m1/s1. The van der Waals surface area contributed by atoms with Crippen LogP contribution in [0.4, 0.5) is 0 Å². The zero-order valence-electron chi connectivity index (χ0n) is 11.7. The monoisotopic (exact) mass is 262 g/mol. The Bertz CT molecular complexity index is 401. The summed E-state index contributed by atoms with van der Waals surface area (Å²) in [4.78, 5) is 20.3. The Kier molecular flexibility index (Phi) is 4.87. The third kappa shape index (κ3) is 4.01. The van der Waals surface area contributed by atoms with Crippen LogP contribution in [0.15, 0.2) is 24.5 Å². The number of carbonyl (C=O) groups is 1. The van der Waals surface area contributed by atoms with Crippen molar-refractivity contribution in [3.8, 4) is 0 Å². The third-order valence-corrected chi connectivity index (χ3v) is 3.62. The van der Waals surface area contributed by atoms with Gasteiger partial charge in [0.05, 0.1) is 6.54 Å². The Morgan fingerprint density at radius 2 is 1.95 bits per heavy atom. The van der Waals surface area contributed by atoms with Gasteiger partial charge in [0.2, 0.25) is 5.91 Å². The molecule has 1 aliphatic heterocycles. The van der Waals surface area contributed by atoms with Gasteiger partial charge < -0.3 is 15.1 Å². The quantitative estimate of drug-likeness (QED) is 0.859. The van der Waals surface area contributed by atoms with E-state index in [1.807, 2.05) is 17.0 Å². The fraction of sp³-hybridized carbons (Fsp3) is 0.571. The largest absolute Gasteiger partial charge is 0.339 e. The van der Waals surface area contributed by atoms with E-state index in [1.165, 1.54) is 0 Å². The number of nitrogens with one attached hydrogen (secondary N) is 1. The van der Waals surface area contributed by atoms with Crippen LogP contribution >= 0.6 is 0 Å². The number of amides is 1. The highest BCUT2D eigenvalue weighted by atomic mass is 16.2. The zero-order chi connectivity index (χ0) is 13.7. The Morgan fingerprint density at radius 1 is 1.32 bits per heavy atom. The Balaban J connectivity index is 1.77. The van der Waals surface area contributed by atoms with E-state index in [0.717, 1.165) is 31.7 Å². The van der Waals surface area contributed by atoms with Crippen molar-refractivity contribution in [3.05, 3.63) is 30.1 Å². The molecule has 1 atom stereocenters. The molecule has 5 nitrogen and oxygen atoms in total. The molecular formula is C14H22N4O. The van der Waals surface area contributed by atoms with E-state index in [-0.39, 0.29) is 11.9 Å². The first kappa shape index (κ1) is 14.0. The summed E-state index contributed by atoms with van der Waals surface area (Å²) in [6.07, 6.45) is 3.55. The van der Waals surface area contributed by atoms with Crippen LogP contribution in [0.25, 0.3) is 0 Å². The molecule has 1 aromatic rings. The predicted octanol–water partition coefficient (Wildman–Crippen LogP) is 0.506. The molecule has 0 radical (unpaired) electrons. The van der Waals surface area contributed by atoms with Crippen molar-refractivity contribution in [2.45, 2.75) is 13.0 Å². The minimum atomic E-state index is 0.166. The molecule has 0 spiro atoms. The molecule has 2 heterocycles. The van der Waals surface area contributed by atoms with Crippen LogP contribution < -0.4 is 5.32 Å². The lowest BCUT2D eigenvalue weighted by molar-refractivity contribution is -0.131. The summed E-state index contributed by atoms with van der Waals surface area (Å²) in [7, 11) is 2.09. The molecule has 1 amide bonds. The molecule has 1 N–H and O–H groups in total. The number of nitrogens with zero attached hydrogens (tertiary/aromatic N) is 3. The van der Waals surface area contributed by atoms with Gasteiger partial charge in [-0.2, -0.15) is 0 Å². The number of piperazine rings is 1. The predicted molar refractivity (Wildman–Crippen MR) is 74.7 cm³/mol. The third-order valence-electron chi connectivity index (χ3n) is 3.62. The first-order valence-electron chi connectivity index (χ1n) is 6.76. The van der Waals surface area contributed by atoms with Gasteiger partial charge in [-0.1, -0.05) is 0 Å². The summed E-state index contributed by atoms with van der Waals surface area (Å²) in [6, 6.07) is 4.11. The number of carbonyl (C=O) groups excluding carboxylic acids is 1. The average Bonchev–Trinajstić information content (AvgIpc) is 2.46. The molecule has 104 valence electrons. The molecule has 0 saturated carbocycles. The molecule has 0 unspecified atom stereocenters. The summed E-state index contributed by atoms with van der Waals surface area (Å²) < 4.78 is 0. The van der Waals surface area contributed by atoms with Crippen molar-refractivity contribution in [3.63, 3.8) is 0 Å². The molecule has 2 rings (SSSR count). The Morgan fingerprint density at radius 3 is 2.58 bits per heavy atom. The van der Waals surface area contributed by atoms with Gasteiger partial charge >= 0.3 is 0 Å². The van der Waals surface area contributed by atoms with E-state index >= 15 is 0 Å². The maximum atomic E-state index is 12.1. The van der Waals surface area contributed by atoms with Crippen molar-refractivity contribution >= 4 is 5.91 Å². The molecular weight excluding hydrogens is 240 g/mol. The van der Waals surface area contributed by atoms with Crippen LogP contribution in [0.3, 0.4) is 0 Å². The molecule has 0 aliphatic carbocycles. The summed E-state index contributed by atoms with van der Waals surface area (Å²) in [5.41, 5.74) is 1.15. The van der Waals surface area contributed by atoms with Crippen molar-refractivity contribution in [1.29, 1.82) is 0 Å². The van der Waals surface area contributed by atoms with E-state index < -0.39 is 0 Å². The van der Waals surface area contributed by atoms with Gasteiger partial charge in [0.1, 0.15) is 0 Å². The SMILES string of the molecule is C[C@@H](NCC(=O)N1CCN(C)CC1)c1ccncc1. The van der Waals surface area contributed by atoms with Crippen LogP contribution in [-0.4, -0.2) is 60.5 Å². The first-order chi connectivity index (χ1) is 9.16. The maximum Gasteiger partial charge on any atom is 0.236 e. The molecule has 19 heavy (non-hydrogen) atoms. The number of aromatic nitrogens is 1. The second-order valence-electron chi connectivity index (χ2n) is 5.07. The van der Waals surface area contributed by atoms with Crippen molar-refractivity contribution < 1.29 is 4.79 Å². The van der Waals surface area contributed by atoms with Gasteiger partial charge in [-0.3, -0.25) is 9.78 Å². The topological polar surface area (TPSA) is 48.5 Å². The summed E-state index contributed by atoms with van der Waals surface area (Å²) >= 11 is 0. The lowest BCUT2D eigenvalue weighted by Gasteiger charge is -2.32. The molecule has 1 saturated heterocycles. The van der Waals surface area contributed by atoms with Gasteiger partial charge in [0.15, 0.2) is 0 Å². The second-order valence-corrected chi connectivity index (χ2v) is 5.07. The van der Waals surface area contributed by atoms with Gasteiger partial charge in [-0.15, -0.1) is 0 Å². The number of pyridine rings is 1. The highest BCUT2D eigenvalue weighted by Gasteiger charge is 2.19. The van der Waals surface area contributed by atoms with Crippen LogP contribution in [0.5, 0.6) is 0 Å². The first-order valence-corrected chi connectivity index (χ1v) is 6.76. The number of hydrogen-bond donors (Lipinski definition) is 1. The van der Waals surface area contributed by atoms with Crippen LogP contribution in [0.2, 0.25) is 0 Å². The lowest BCUT2D eigenvalue weighted by Crippen LogP contribution is -2.49. The fourth-order valence-electron chi connectivity index (χ4n) is 2.18. The van der Waals surface area contributed by atoms with E-state index in [2.05, 4.69) is 29.2 Å². The number of rotatable bonds is 4. The van der Waals surface area contributed by atoms with Gasteiger partial charge in [-0.25, -0.2) is 0 Å². The van der Waals surface area contributed by atoms with E-state index in [4.69, 9.17) is 0 Å². The Hall–Kier alpha value is -1.46. The Labute approximate surface area is 114 Å². The van der Waals surface area contributed by atoms with Crippen LogP contribution in [-0.2, 0) is 4.79 Å². The minimum Gasteiger partial charge on any atom is -0.339 e. The van der Waals surface area contributed by atoms with E-state index in [0.29, 0.717) is 6.54 Å². The highest BCUT2D eigenvalue weighted by molar-refractivity contribution is 5.78. The van der Waals surface area contributed by atoms with Crippen LogP contribution in [0.1, 0.15) is 18.5 Å². The number of hydrogen-bond acceptors (Lipinski definition) is 4. The molecule has 5 heteroatoms. The zero-order valence-corrected chi connectivity index (χ0v) is 11.7. The van der Waals surface area contributed by atoms with Crippen molar-refractivity contribution in [2.75, 3.05) is 39.8 Å². The van der Waals surface area contributed by atoms with Gasteiger partial charge in [0, 0.05) is 44.6 Å². The number of likely N-dealkylation sites (N-methyl/N-ethyl adjacent to an activating group) is 1. The van der Waals surface area contributed by atoms with E-state index in [9.17, 15) is 4.79 Å². The molecule has 0 bridgehead atoms. The summed E-state index contributed by atoms with van der Waals surface area (Å²) in [6.45, 7) is 6.05. The van der Waals surface area contributed by atoms with Gasteiger partial charge in [0.25, 0.3) is 0 Å². The summed E-state index contributed by atoms with van der Waals surface area (Å²) in [5.74, 6) is 0.189. The second kappa shape index (κ2) is 6.63. The normalized spacial score (nSPS) is 18.3. The minimum absolute atomic E-state index is 0.166. The fourth-order valence-corrected chi connectivity index (χ4v) is 2.18. The van der Waals surface area contributed by atoms with Gasteiger partial charge in [-0.05, 0) is 31.7 Å². The van der Waals surface area contributed by atoms with Crippen molar-refractivity contribution in [2.24, 2.45) is 0 Å². The van der Waals surface area contributed by atoms with Crippen LogP contribution in [0, 0.1) is 0 Å². The molecule has 1 aromatic heterocycles. The summed E-state index contributed by atoms with van der Waals surface area (Å²) in [5, 5.41) is 3.27. The van der Waals surface area contributed by atoms with Crippen molar-refractivity contribution in [1.82, 2.24) is 20.1 Å². The molecule has 0 aromatic carbocycles.